The van der Waals surface area contributed by atoms with Gasteiger partial charge in [-0.2, -0.15) is 0 Å². The minimum atomic E-state index is 0.0964. The van der Waals surface area contributed by atoms with Crippen molar-refractivity contribution in [2.24, 2.45) is 5.92 Å². The number of piperidine rings is 1. The Morgan fingerprint density at radius 2 is 2.05 bits per heavy atom. The maximum atomic E-state index is 12.7. The van der Waals surface area contributed by atoms with E-state index in [-0.39, 0.29) is 12.0 Å². The molecule has 2 atom stereocenters. The largest absolute Gasteiger partial charge is 0.382 e. The van der Waals surface area contributed by atoms with Crippen molar-refractivity contribution in [3.63, 3.8) is 0 Å². The van der Waals surface area contributed by atoms with E-state index in [1.54, 1.807) is 7.11 Å². The zero-order chi connectivity index (χ0) is 14.8. The molecular weight excluding hydrogens is 266 g/mol. The van der Waals surface area contributed by atoms with Gasteiger partial charge in [0.1, 0.15) is 0 Å². The molecule has 1 saturated heterocycles. The van der Waals surface area contributed by atoms with Crippen LogP contribution in [0.4, 0.5) is 11.4 Å². The number of amides is 1. The third kappa shape index (κ3) is 2.83. The van der Waals surface area contributed by atoms with Gasteiger partial charge in [0.25, 0.3) is 5.91 Å². The van der Waals surface area contributed by atoms with Crippen LogP contribution in [0.2, 0.25) is 0 Å². The number of rotatable bonds is 2. The third-order valence-corrected chi connectivity index (χ3v) is 4.50. The molecule has 21 heavy (non-hydrogen) atoms. The summed E-state index contributed by atoms with van der Waals surface area (Å²) in [5.41, 5.74) is 2.83. The number of nitrogens with one attached hydrogen (secondary N) is 2. The van der Waals surface area contributed by atoms with E-state index in [0.717, 1.165) is 43.0 Å². The molecule has 2 aliphatic rings. The van der Waals surface area contributed by atoms with Crippen LogP contribution in [0.1, 0.15) is 23.7 Å². The zero-order valence-corrected chi connectivity index (χ0v) is 12.7. The van der Waals surface area contributed by atoms with Gasteiger partial charge in [-0.1, -0.05) is 6.92 Å². The highest BCUT2D eigenvalue weighted by Gasteiger charge is 2.29. The summed E-state index contributed by atoms with van der Waals surface area (Å²) in [6.45, 7) is 5.48. The number of likely N-dealkylation sites (tertiary alicyclic amines) is 1. The van der Waals surface area contributed by atoms with Gasteiger partial charge in [0, 0.05) is 38.9 Å². The molecule has 0 spiro atoms. The van der Waals surface area contributed by atoms with Gasteiger partial charge in [0.15, 0.2) is 0 Å². The predicted octanol–water partition coefficient (Wildman–Crippen LogP) is 2.02. The van der Waals surface area contributed by atoms with E-state index in [2.05, 4.69) is 17.6 Å². The van der Waals surface area contributed by atoms with Gasteiger partial charge in [0.05, 0.1) is 17.5 Å². The molecule has 0 aliphatic carbocycles. The van der Waals surface area contributed by atoms with Crippen molar-refractivity contribution >= 4 is 17.3 Å². The Labute approximate surface area is 125 Å². The monoisotopic (exact) mass is 289 g/mol. The summed E-state index contributed by atoms with van der Waals surface area (Å²) in [5.74, 6) is 0.604. The molecule has 2 unspecified atom stereocenters. The lowest BCUT2D eigenvalue weighted by atomic mass is 9.95. The smallest absolute Gasteiger partial charge is 0.254 e. The van der Waals surface area contributed by atoms with Gasteiger partial charge in [-0.15, -0.1) is 0 Å². The highest BCUT2D eigenvalue weighted by atomic mass is 16.5. The zero-order valence-electron chi connectivity index (χ0n) is 12.7. The summed E-state index contributed by atoms with van der Waals surface area (Å²) >= 11 is 0. The summed E-state index contributed by atoms with van der Waals surface area (Å²) in [4.78, 5) is 14.6. The molecule has 1 aromatic rings. The van der Waals surface area contributed by atoms with Crippen LogP contribution in [0.3, 0.4) is 0 Å². The quantitative estimate of drug-likeness (QED) is 0.874. The number of benzene rings is 1. The second-order valence-electron chi connectivity index (χ2n) is 5.91. The Hall–Kier alpha value is -1.75. The average molecular weight is 289 g/mol. The number of anilines is 2. The predicted molar refractivity (Wildman–Crippen MR) is 83.9 cm³/mol. The van der Waals surface area contributed by atoms with Crippen LogP contribution in [0.15, 0.2) is 18.2 Å². The maximum absolute atomic E-state index is 12.7. The van der Waals surface area contributed by atoms with Crippen LogP contribution in [0, 0.1) is 5.92 Å². The van der Waals surface area contributed by atoms with Gasteiger partial charge in [-0.3, -0.25) is 4.79 Å². The molecule has 2 heterocycles. The Morgan fingerprint density at radius 1 is 1.29 bits per heavy atom. The Balaban J connectivity index is 1.76. The van der Waals surface area contributed by atoms with E-state index >= 15 is 0 Å². The number of hydrogen-bond acceptors (Lipinski definition) is 4. The first kappa shape index (κ1) is 14.2. The minimum absolute atomic E-state index is 0.0964. The molecule has 114 valence electrons. The molecular formula is C16H23N3O2. The first-order valence-electron chi connectivity index (χ1n) is 7.63. The maximum Gasteiger partial charge on any atom is 0.254 e. The lowest BCUT2D eigenvalue weighted by Gasteiger charge is -2.36. The van der Waals surface area contributed by atoms with Gasteiger partial charge in [0.2, 0.25) is 0 Å². The fourth-order valence-corrected chi connectivity index (χ4v) is 3.08. The molecule has 5 nitrogen and oxygen atoms in total. The van der Waals surface area contributed by atoms with Crippen LogP contribution >= 0.6 is 0 Å². The number of nitrogens with zero attached hydrogens (tertiary/aromatic N) is 1. The lowest BCUT2D eigenvalue weighted by Crippen LogP contribution is -2.46. The van der Waals surface area contributed by atoms with Crippen LogP contribution in [0.5, 0.6) is 0 Å². The molecule has 5 heteroatoms. The van der Waals surface area contributed by atoms with Gasteiger partial charge >= 0.3 is 0 Å². The molecule has 0 bridgehead atoms. The molecule has 2 aliphatic heterocycles. The highest BCUT2D eigenvalue weighted by molar-refractivity contribution is 5.96. The number of hydrogen-bond donors (Lipinski definition) is 2. The van der Waals surface area contributed by atoms with Crippen LogP contribution in [-0.2, 0) is 4.74 Å². The number of methoxy groups -OCH3 is 1. The van der Waals surface area contributed by atoms with Crippen molar-refractivity contribution in [2.45, 2.75) is 19.4 Å². The van der Waals surface area contributed by atoms with Crippen molar-refractivity contribution in [1.82, 2.24) is 4.90 Å². The summed E-state index contributed by atoms with van der Waals surface area (Å²) < 4.78 is 5.49. The summed E-state index contributed by atoms with van der Waals surface area (Å²) in [6.07, 6.45) is 1.13. The van der Waals surface area contributed by atoms with Crippen LogP contribution in [0.25, 0.3) is 0 Å². The van der Waals surface area contributed by atoms with Crippen LogP contribution in [-0.4, -0.2) is 50.2 Å². The van der Waals surface area contributed by atoms with Gasteiger partial charge < -0.3 is 20.3 Å². The fraction of sp³-hybridized carbons (Fsp3) is 0.562. The van der Waals surface area contributed by atoms with E-state index in [9.17, 15) is 4.79 Å². The molecule has 3 rings (SSSR count). The number of ether oxygens (including phenoxy) is 1. The second kappa shape index (κ2) is 5.93. The normalized spacial score (nSPS) is 24.8. The van der Waals surface area contributed by atoms with Crippen molar-refractivity contribution in [3.05, 3.63) is 23.8 Å². The average Bonchev–Trinajstić information content (AvgIpc) is 2.54. The molecule has 1 amide bonds. The van der Waals surface area contributed by atoms with E-state index < -0.39 is 0 Å². The third-order valence-electron chi connectivity index (χ3n) is 4.50. The van der Waals surface area contributed by atoms with Crippen molar-refractivity contribution in [2.75, 3.05) is 43.9 Å². The first-order valence-corrected chi connectivity index (χ1v) is 7.63. The molecule has 0 saturated carbocycles. The van der Waals surface area contributed by atoms with E-state index in [0.29, 0.717) is 12.5 Å². The molecule has 0 radical (unpaired) electrons. The highest BCUT2D eigenvalue weighted by Crippen LogP contribution is 2.27. The molecule has 1 fully saturated rings. The van der Waals surface area contributed by atoms with Crippen molar-refractivity contribution in [1.29, 1.82) is 0 Å². The van der Waals surface area contributed by atoms with E-state index in [4.69, 9.17) is 4.74 Å². The van der Waals surface area contributed by atoms with Crippen molar-refractivity contribution in [3.8, 4) is 0 Å². The topological polar surface area (TPSA) is 53.6 Å². The minimum Gasteiger partial charge on any atom is -0.382 e. The first-order chi connectivity index (χ1) is 10.2. The van der Waals surface area contributed by atoms with E-state index in [1.165, 1.54) is 0 Å². The number of fused-ring (bicyclic) bond motifs is 1. The fourth-order valence-electron chi connectivity index (χ4n) is 3.08. The van der Waals surface area contributed by atoms with Crippen LogP contribution < -0.4 is 10.6 Å². The summed E-state index contributed by atoms with van der Waals surface area (Å²) in [7, 11) is 1.73. The van der Waals surface area contributed by atoms with Gasteiger partial charge in [-0.25, -0.2) is 0 Å². The summed E-state index contributed by atoms with van der Waals surface area (Å²) in [6, 6.07) is 5.83. The Kier molecular flexibility index (Phi) is 4.01. The Bertz CT molecular complexity index is 532. The molecule has 0 aromatic heterocycles. The molecule has 1 aromatic carbocycles. The standard InChI is InChI=1S/C16H23N3O2/c1-11-5-8-19(10-15(11)21-2)16(20)12-3-4-13-14(9-12)18-7-6-17-13/h3-4,9,11,15,17-18H,5-8,10H2,1-2H3. The number of carbonyl (C=O) groups is 1. The van der Waals surface area contributed by atoms with Gasteiger partial charge in [-0.05, 0) is 30.5 Å². The number of carbonyl (C=O) groups excluding carboxylic acids is 1. The summed E-state index contributed by atoms with van der Waals surface area (Å²) in [5, 5.41) is 6.65. The van der Waals surface area contributed by atoms with Crippen molar-refractivity contribution < 1.29 is 9.53 Å². The lowest BCUT2D eigenvalue weighted by molar-refractivity contribution is -0.00156. The molecule has 2 N–H and O–H groups in total. The van der Waals surface area contributed by atoms with E-state index in [1.807, 2.05) is 23.1 Å². The SMILES string of the molecule is COC1CN(C(=O)c2ccc3c(c2)NCCN3)CCC1C. The second-order valence-corrected chi connectivity index (χ2v) is 5.91. The Morgan fingerprint density at radius 3 is 2.81 bits per heavy atom.